The fraction of sp³-hybridized carbons (Fsp3) is 0.917. The molecule has 0 spiro atoms. The number of hydrogen-bond acceptors (Lipinski definition) is 3. The number of carboxylic acids is 1. The molecule has 1 unspecified atom stereocenters. The van der Waals surface area contributed by atoms with E-state index in [1.165, 1.54) is 0 Å². The molecule has 0 fully saturated rings. The summed E-state index contributed by atoms with van der Waals surface area (Å²) >= 11 is 0. The number of aliphatic carboxylic acids is 1. The molecule has 0 aliphatic carbocycles. The molecular weight excluding hydrogens is 206 g/mol. The average molecular weight is 231 g/mol. The molecule has 0 aromatic heterocycles. The van der Waals surface area contributed by atoms with Gasteiger partial charge in [-0.25, -0.2) is 0 Å². The average Bonchev–Trinajstić information content (AvgIpc) is 2.10. The molecule has 0 aromatic rings. The van der Waals surface area contributed by atoms with Crippen molar-refractivity contribution >= 4 is 5.97 Å². The monoisotopic (exact) mass is 231 g/mol. The zero-order valence-electron chi connectivity index (χ0n) is 11.0. The molecule has 0 aliphatic heterocycles. The molecule has 0 rings (SSSR count). The topological polar surface area (TPSA) is 58.6 Å². The molecule has 0 amide bonds. The van der Waals surface area contributed by atoms with Crippen LogP contribution in [-0.4, -0.2) is 35.4 Å². The molecule has 96 valence electrons. The summed E-state index contributed by atoms with van der Waals surface area (Å²) in [5.74, 6) is -0.800. The van der Waals surface area contributed by atoms with Gasteiger partial charge in [-0.2, -0.15) is 0 Å². The van der Waals surface area contributed by atoms with E-state index in [4.69, 9.17) is 4.74 Å². The molecule has 0 heterocycles. The smallest absolute Gasteiger partial charge is 0.323 e. The van der Waals surface area contributed by atoms with Gasteiger partial charge in [-0.05, 0) is 47.5 Å². The van der Waals surface area contributed by atoms with Crippen molar-refractivity contribution in [2.75, 3.05) is 6.61 Å². The Labute approximate surface area is 98.4 Å². The summed E-state index contributed by atoms with van der Waals surface area (Å²) in [7, 11) is 0. The van der Waals surface area contributed by atoms with Crippen LogP contribution in [0.1, 0.15) is 47.5 Å². The third kappa shape index (κ3) is 6.08. The Balaban J connectivity index is 4.08. The molecule has 0 aromatic carbocycles. The van der Waals surface area contributed by atoms with Gasteiger partial charge < -0.3 is 9.84 Å². The molecule has 0 saturated heterocycles. The van der Waals surface area contributed by atoms with Crippen molar-refractivity contribution in [2.24, 2.45) is 0 Å². The van der Waals surface area contributed by atoms with Gasteiger partial charge in [0.1, 0.15) is 5.54 Å². The Kier molecular flexibility index (Phi) is 6.60. The lowest BCUT2D eigenvalue weighted by Crippen LogP contribution is -2.52. The lowest BCUT2D eigenvalue weighted by atomic mass is 9.95. The third-order valence-electron chi connectivity index (χ3n) is 2.35. The Morgan fingerprint density at radius 2 is 1.94 bits per heavy atom. The summed E-state index contributed by atoms with van der Waals surface area (Å²) in [5, 5.41) is 12.3. The van der Waals surface area contributed by atoms with Crippen LogP contribution in [0.25, 0.3) is 0 Å². The molecule has 0 saturated carbocycles. The largest absolute Gasteiger partial charge is 0.480 e. The molecular formula is C12H25NO3. The number of rotatable bonds is 8. The number of carboxylic acid groups (broad SMARTS) is 1. The van der Waals surface area contributed by atoms with Crippen molar-refractivity contribution in [3.05, 3.63) is 0 Å². The Morgan fingerprint density at radius 1 is 1.38 bits per heavy atom. The van der Waals surface area contributed by atoms with Gasteiger partial charge in [-0.1, -0.05) is 0 Å². The molecule has 0 bridgehead atoms. The number of ether oxygens (including phenoxy) is 1. The normalized spacial score (nSPS) is 15.4. The maximum Gasteiger partial charge on any atom is 0.323 e. The van der Waals surface area contributed by atoms with Crippen molar-refractivity contribution in [1.82, 2.24) is 5.32 Å². The lowest BCUT2D eigenvalue weighted by molar-refractivity contribution is -0.145. The molecule has 4 nitrogen and oxygen atoms in total. The summed E-state index contributed by atoms with van der Waals surface area (Å²) in [5.41, 5.74) is -0.853. The molecule has 1 atom stereocenters. The van der Waals surface area contributed by atoms with Crippen LogP contribution in [0.15, 0.2) is 0 Å². The maximum atomic E-state index is 11.2. The van der Waals surface area contributed by atoms with E-state index >= 15 is 0 Å². The van der Waals surface area contributed by atoms with Crippen LogP contribution in [0.5, 0.6) is 0 Å². The first-order valence-corrected chi connectivity index (χ1v) is 5.90. The summed E-state index contributed by atoms with van der Waals surface area (Å²) in [4.78, 5) is 11.2. The van der Waals surface area contributed by atoms with E-state index in [0.29, 0.717) is 13.0 Å². The van der Waals surface area contributed by atoms with E-state index in [9.17, 15) is 9.90 Å². The van der Waals surface area contributed by atoms with Crippen molar-refractivity contribution in [3.8, 4) is 0 Å². The van der Waals surface area contributed by atoms with Crippen LogP contribution in [0.2, 0.25) is 0 Å². The van der Waals surface area contributed by atoms with Gasteiger partial charge in [0.25, 0.3) is 0 Å². The summed E-state index contributed by atoms with van der Waals surface area (Å²) in [6.07, 6.45) is 1.53. The predicted molar refractivity (Wildman–Crippen MR) is 64.6 cm³/mol. The predicted octanol–water partition coefficient (Wildman–Crippen LogP) is 2.03. The summed E-state index contributed by atoms with van der Waals surface area (Å²) in [6.45, 7) is 10.2. The van der Waals surface area contributed by atoms with E-state index < -0.39 is 11.5 Å². The Bertz CT molecular complexity index is 216. The second-order valence-corrected chi connectivity index (χ2v) is 4.96. The quantitative estimate of drug-likeness (QED) is 0.628. The van der Waals surface area contributed by atoms with Crippen molar-refractivity contribution in [3.63, 3.8) is 0 Å². The first-order valence-electron chi connectivity index (χ1n) is 5.90. The van der Waals surface area contributed by atoms with Gasteiger partial charge in [-0.3, -0.25) is 10.1 Å². The van der Waals surface area contributed by atoms with Crippen LogP contribution in [-0.2, 0) is 9.53 Å². The highest BCUT2D eigenvalue weighted by molar-refractivity contribution is 5.78. The molecule has 0 radical (unpaired) electrons. The SMILES string of the molecule is CC(C)NC(C)(CCCOC(C)C)C(=O)O. The minimum atomic E-state index is -0.853. The highest BCUT2D eigenvalue weighted by atomic mass is 16.5. The number of nitrogens with one attached hydrogen (secondary N) is 1. The van der Waals surface area contributed by atoms with Gasteiger partial charge in [0.15, 0.2) is 0 Å². The highest BCUT2D eigenvalue weighted by Gasteiger charge is 2.32. The first kappa shape index (κ1) is 15.4. The van der Waals surface area contributed by atoms with Gasteiger partial charge in [0.05, 0.1) is 6.10 Å². The van der Waals surface area contributed by atoms with E-state index in [1.807, 2.05) is 27.7 Å². The van der Waals surface area contributed by atoms with Gasteiger partial charge >= 0.3 is 5.97 Å². The Morgan fingerprint density at radius 3 is 2.31 bits per heavy atom. The second kappa shape index (κ2) is 6.86. The fourth-order valence-corrected chi connectivity index (χ4v) is 1.62. The second-order valence-electron chi connectivity index (χ2n) is 4.96. The molecule has 16 heavy (non-hydrogen) atoms. The van der Waals surface area contributed by atoms with Crippen LogP contribution in [0.4, 0.5) is 0 Å². The van der Waals surface area contributed by atoms with Crippen molar-refractivity contribution in [1.29, 1.82) is 0 Å². The number of hydrogen-bond donors (Lipinski definition) is 2. The van der Waals surface area contributed by atoms with Crippen LogP contribution < -0.4 is 5.32 Å². The summed E-state index contributed by atoms with van der Waals surface area (Å²) < 4.78 is 5.40. The number of carbonyl (C=O) groups is 1. The molecule has 2 N–H and O–H groups in total. The molecule has 0 aliphatic rings. The standard InChI is InChI=1S/C12H25NO3/c1-9(2)13-12(5,11(14)15)7-6-8-16-10(3)4/h9-10,13H,6-8H2,1-5H3,(H,14,15). The third-order valence-corrected chi connectivity index (χ3v) is 2.35. The van der Waals surface area contributed by atoms with Crippen LogP contribution >= 0.6 is 0 Å². The van der Waals surface area contributed by atoms with E-state index in [1.54, 1.807) is 6.92 Å². The first-order chi connectivity index (χ1) is 7.28. The minimum absolute atomic E-state index is 0.159. The maximum absolute atomic E-state index is 11.2. The van der Waals surface area contributed by atoms with Gasteiger partial charge in [0, 0.05) is 12.6 Å². The zero-order chi connectivity index (χ0) is 12.8. The van der Waals surface area contributed by atoms with Crippen LogP contribution in [0.3, 0.4) is 0 Å². The van der Waals surface area contributed by atoms with Crippen molar-refractivity contribution in [2.45, 2.75) is 65.1 Å². The minimum Gasteiger partial charge on any atom is -0.480 e. The lowest BCUT2D eigenvalue weighted by Gasteiger charge is -2.28. The van der Waals surface area contributed by atoms with Gasteiger partial charge in [-0.15, -0.1) is 0 Å². The van der Waals surface area contributed by atoms with Gasteiger partial charge in [0.2, 0.25) is 0 Å². The summed E-state index contributed by atoms with van der Waals surface area (Å²) in [6, 6.07) is 0.159. The van der Waals surface area contributed by atoms with E-state index in [2.05, 4.69) is 5.32 Å². The fourth-order valence-electron chi connectivity index (χ4n) is 1.62. The Hall–Kier alpha value is -0.610. The van der Waals surface area contributed by atoms with Crippen LogP contribution in [0, 0.1) is 0 Å². The zero-order valence-corrected chi connectivity index (χ0v) is 11.0. The highest BCUT2D eigenvalue weighted by Crippen LogP contribution is 2.14. The van der Waals surface area contributed by atoms with E-state index in [-0.39, 0.29) is 12.1 Å². The van der Waals surface area contributed by atoms with Crippen molar-refractivity contribution < 1.29 is 14.6 Å². The molecule has 4 heteroatoms. The van der Waals surface area contributed by atoms with E-state index in [0.717, 1.165) is 6.42 Å².